The van der Waals surface area contributed by atoms with Gasteiger partial charge in [0.05, 0.1) is 5.56 Å². The number of carbonyl (C=O) groups is 2. The second-order valence-electron chi connectivity index (χ2n) is 4.79. The summed E-state index contributed by atoms with van der Waals surface area (Å²) in [6.07, 6.45) is 4.34. The van der Waals surface area contributed by atoms with Gasteiger partial charge in [-0.15, -0.1) is 0 Å². The Labute approximate surface area is 128 Å². The van der Waals surface area contributed by atoms with Gasteiger partial charge in [-0.05, 0) is 31.0 Å². The fourth-order valence-electron chi connectivity index (χ4n) is 1.90. The Hall–Kier alpha value is -1.62. The summed E-state index contributed by atoms with van der Waals surface area (Å²) in [5, 5.41) is 11.4. The van der Waals surface area contributed by atoms with Crippen molar-refractivity contribution in [3.05, 3.63) is 34.6 Å². The maximum absolute atomic E-state index is 13.4. The fraction of sp³-hybridized carbons (Fsp3) is 0.467. The van der Waals surface area contributed by atoms with Crippen molar-refractivity contribution in [1.82, 2.24) is 5.32 Å². The number of aliphatic carboxylic acids is 1. The average Bonchev–Trinajstić information content (AvgIpc) is 2.43. The number of carboxylic acid groups (broad SMARTS) is 1. The minimum Gasteiger partial charge on any atom is -0.481 e. The molecule has 0 saturated carbocycles. The standard InChI is InChI=1S/C15H19ClFNO3/c16-11-7-8-13(17)12(10-11)15(21)18-9-5-3-1-2-4-6-14(19)20/h7-8,10H,1-6,9H2,(H,18,21)(H,19,20). The van der Waals surface area contributed by atoms with Crippen molar-refractivity contribution >= 4 is 23.5 Å². The minimum absolute atomic E-state index is 0.0519. The van der Waals surface area contributed by atoms with Crippen molar-refractivity contribution < 1.29 is 19.1 Å². The Morgan fingerprint density at radius 3 is 2.52 bits per heavy atom. The van der Waals surface area contributed by atoms with Crippen LogP contribution in [-0.2, 0) is 4.79 Å². The number of hydrogen-bond donors (Lipinski definition) is 2. The lowest BCUT2D eigenvalue weighted by Gasteiger charge is -2.06. The highest BCUT2D eigenvalue weighted by molar-refractivity contribution is 6.30. The lowest BCUT2D eigenvalue weighted by molar-refractivity contribution is -0.137. The number of rotatable bonds is 9. The molecule has 2 N–H and O–H groups in total. The third-order valence-corrected chi connectivity index (χ3v) is 3.26. The second kappa shape index (κ2) is 9.34. The molecule has 0 aliphatic heterocycles. The molecule has 0 radical (unpaired) electrons. The van der Waals surface area contributed by atoms with Gasteiger partial charge in [0.25, 0.3) is 5.91 Å². The third-order valence-electron chi connectivity index (χ3n) is 3.03. The van der Waals surface area contributed by atoms with Crippen LogP contribution in [0.2, 0.25) is 5.02 Å². The summed E-state index contributed by atoms with van der Waals surface area (Å²) in [6, 6.07) is 3.86. The van der Waals surface area contributed by atoms with Crippen LogP contribution in [0.5, 0.6) is 0 Å². The second-order valence-corrected chi connectivity index (χ2v) is 5.23. The van der Waals surface area contributed by atoms with Gasteiger partial charge in [-0.1, -0.05) is 30.9 Å². The quantitative estimate of drug-likeness (QED) is 0.684. The van der Waals surface area contributed by atoms with E-state index < -0.39 is 17.7 Å². The van der Waals surface area contributed by atoms with Crippen LogP contribution in [0.4, 0.5) is 4.39 Å². The van der Waals surface area contributed by atoms with Crippen molar-refractivity contribution in [2.24, 2.45) is 0 Å². The van der Waals surface area contributed by atoms with Gasteiger partial charge in [-0.2, -0.15) is 0 Å². The van der Waals surface area contributed by atoms with Gasteiger partial charge in [0.1, 0.15) is 5.82 Å². The molecule has 21 heavy (non-hydrogen) atoms. The van der Waals surface area contributed by atoms with E-state index in [-0.39, 0.29) is 12.0 Å². The summed E-state index contributed by atoms with van der Waals surface area (Å²) in [4.78, 5) is 22.1. The Morgan fingerprint density at radius 2 is 1.81 bits per heavy atom. The molecular weight excluding hydrogens is 297 g/mol. The molecule has 0 bridgehead atoms. The molecule has 0 aliphatic carbocycles. The van der Waals surface area contributed by atoms with Gasteiger partial charge < -0.3 is 10.4 Å². The van der Waals surface area contributed by atoms with Crippen LogP contribution in [0.1, 0.15) is 48.9 Å². The lowest BCUT2D eigenvalue weighted by atomic mass is 10.1. The molecule has 0 atom stereocenters. The zero-order valence-electron chi connectivity index (χ0n) is 11.7. The van der Waals surface area contributed by atoms with Gasteiger partial charge in [0, 0.05) is 18.0 Å². The van der Waals surface area contributed by atoms with E-state index in [0.29, 0.717) is 18.0 Å². The molecule has 1 rings (SSSR count). The van der Waals surface area contributed by atoms with E-state index >= 15 is 0 Å². The van der Waals surface area contributed by atoms with Gasteiger partial charge in [0.15, 0.2) is 0 Å². The average molecular weight is 316 g/mol. The number of carbonyl (C=O) groups excluding carboxylic acids is 1. The lowest BCUT2D eigenvalue weighted by Crippen LogP contribution is -2.25. The van der Waals surface area contributed by atoms with Gasteiger partial charge in [0.2, 0.25) is 0 Å². The molecule has 1 amide bonds. The first-order chi connectivity index (χ1) is 10.0. The molecule has 0 aromatic heterocycles. The maximum atomic E-state index is 13.4. The van der Waals surface area contributed by atoms with Crippen molar-refractivity contribution in [3.8, 4) is 0 Å². The van der Waals surface area contributed by atoms with Gasteiger partial charge in [-0.3, -0.25) is 9.59 Å². The van der Waals surface area contributed by atoms with Crippen LogP contribution in [0, 0.1) is 5.82 Å². The number of benzene rings is 1. The van der Waals surface area contributed by atoms with Crippen LogP contribution in [0.15, 0.2) is 18.2 Å². The zero-order chi connectivity index (χ0) is 15.7. The molecule has 0 saturated heterocycles. The van der Waals surface area contributed by atoms with Crippen LogP contribution in [0.3, 0.4) is 0 Å². The predicted molar refractivity (Wildman–Crippen MR) is 79.1 cm³/mol. The number of carboxylic acids is 1. The van der Waals surface area contributed by atoms with Crippen LogP contribution in [-0.4, -0.2) is 23.5 Å². The molecule has 1 aromatic carbocycles. The fourth-order valence-corrected chi connectivity index (χ4v) is 2.07. The van der Waals surface area contributed by atoms with Crippen molar-refractivity contribution in [2.75, 3.05) is 6.54 Å². The summed E-state index contributed by atoms with van der Waals surface area (Å²) in [5.41, 5.74) is -0.0519. The highest BCUT2D eigenvalue weighted by atomic mass is 35.5. The summed E-state index contributed by atoms with van der Waals surface area (Å²) in [7, 11) is 0. The number of unbranched alkanes of at least 4 members (excludes halogenated alkanes) is 4. The van der Waals surface area contributed by atoms with E-state index in [1.54, 1.807) is 0 Å². The highest BCUT2D eigenvalue weighted by Gasteiger charge is 2.11. The molecule has 0 spiro atoms. The summed E-state index contributed by atoms with van der Waals surface area (Å²) < 4.78 is 13.4. The molecule has 0 unspecified atom stereocenters. The van der Waals surface area contributed by atoms with E-state index in [9.17, 15) is 14.0 Å². The number of halogens is 2. The Bertz CT molecular complexity index is 494. The summed E-state index contributed by atoms with van der Waals surface area (Å²) >= 11 is 5.73. The van der Waals surface area contributed by atoms with Crippen molar-refractivity contribution in [1.29, 1.82) is 0 Å². The van der Waals surface area contributed by atoms with Crippen molar-refractivity contribution in [3.63, 3.8) is 0 Å². The molecule has 0 fully saturated rings. The maximum Gasteiger partial charge on any atom is 0.303 e. The third kappa shape index (κ3) is 7.09. The van der Waals surface area contributed by atoms with E-state index in [1.807, 2.05) is 0 Å². The number of amides is 1. The normalized spacial score (nSPS) is 10.4. The molecular formula is C15H19ClFNO3. The van der Waals surface area contributed by atoms with Gasteiger partial charge in [-0.25, -0.2) is 4.39 Å². The molecule has 4 nitrogen and oxygen atoms in total. The van der Waals surface area contributed by atoms with Gasteiger partial charge >= 0.3 is 5.97 Å². The summed E-state index contributed by atoms with van der Waals surface area (Å²) in [5.74, 6) is -1.84. The first-order valence-corrected chi connectivity index (χ1v) is 7.33. The topological polar surface area (TPSA) is 66.4 Å². The molecule has 0 aliphatic rings. The Kier molecular flexibility index (Phi) is 7.75. The molecule has 6 heteroatoms. The number of hydrogen-bond acceptors (Lipinski definition) is 2. The van der Waals surface area contributed by atoms with Crippen LogP contribution < -0.4 is 5.32 Å². The van der Waals surface area contributed by atoms with E-state index in [0.717, 1.165) is 25.7 Å². The molecule has 1 aromatic rings. The monoisotopic (exact) mass is 315 g/mol. The largest absolute Gasteiger partial charge is 0.481 e. The minimum atomic E-state index is -0.772. The Morgan fingerprint density at radius 1 is 1.14 bits per heavy atom. The Balaban J connectivity index is 2.16. The van der Waals surface area contributed by atoms with E-state index in [1.165, 1.54) is 18.2 Å². The zero-order valence-corrected chi connectivity index (χ0v) is 12.5. The molecule has 0 heterocycles. The molecule has 116 valence electrons. The smallest absolute Gasteiger partial charge is 0.303 e. The first-order valence-electron chi connectivity index (χ1n) is 6.95. The van der Waals surface area contributed by atoms with Crippen molar-refractivity contribution in [2.45, 2.75) is 38.5 Å². The highest BCUT2D eigenvalue weighted by Crippen LogP contribution is 2.14. The van der Waals surface area contributed by atoms with Crippen LogP contribution in [0.25, 0.3) is 0 Å². The predicted octanol–water partition coefficient (Wildman–Crippen LogP) is 3.63. The first kappa shape index (κ1) is 17.4. The van der Waals surface area contributed by atoms with E-state index in [2.05, 4.69) is 5.32 Å². The van der Waals surface area contributed by atoms with Crippen LogP contribution >= 0.6 is 11.6 Å². The number of nitrogens with one attached hydrogen (secondary N) is 1. The SMILES string of the molecule is O=C(O)CCCCCCCNC(=O)c1cc(Cl)ccc1F. The van der Waals surface area contributed by atoms with E-state index in [4.69, 9.17) is 16.7 Å². The summed E-state index contributed by atoms with van der Waals surface area (Å²) in [6.45, 7) is 0.462.